The standard InChI is InChI=1S/C12H12Cl2O2/c1-2-16-12(15)10-6-9(10)8-4-3-7(13)5-11(8)14/h3-5,9-10H,2,6H2,1H3/t9-,10+/m0/s1. The Morgan fingerprint density at radius 2 is 2.25 bits per heavy atom. The maximum absolute atomic E-state index is 11.5. The van der Waals surface area contributed by atoms with Gasteiger partial charge in [0.25, 0.3) is 0 Å². The van der Waals surface area contributed by atoms with Crippen LogP contribution in [0.4, 0.5) is 0 Å². The van der Waals surface area contributed by atoms with Crippen LogP contribution in [0.5, 0.6) is 0 Å². The number of hydrogen-bond acceptors (Lipinski definition) is 2. The molecule has 0 heterocycles. The summed E-state index contributed by atoms with van der Waals surface area (Å²) in [5, 5.41) is 1.24. The summed E-state index contributed by atoms with van der Waals surface area (Å²) in [5.74, 6) is 0.0426. The first-order valence-electron chi connectivity index (χ1n) is 5.25. The second-order valence-electron chi connectivity index (χ2n) is 3.87. The van der Waals surface area contributed by atoms with Gasteiger partial charge in [0.05, 0.1) is 12.5 Å². The minimum atomic E-state index is -0.126. The Balaban J connectivity index is 2.08. The molecule has 0 aromatic heterocycles. The second kappa shape index (κ2) is 4.64. The molecule has 0 N–H and O–H groups in total. The van der Waals surface area contributed by atoms with Crippen LogP contribution in [0.3, 0.4) is 0 Å². The van der Waals surface area contributed by atoms with Crippen molar-refractivity contribution >= 4 is 29.2 Å². The highest BCUT2D eigenvalue weighted by Gasteiger charge is 2.45. The fourth-order valence-electron chi connectivity index (χ4n) is 1.85. The summed E-state index contributed by atoms with van der Waals surface area (Å²) in [7, 11) is 0. The van der Waals surface area contributed by atoms with E-state index in [4.69, 9.17) is 27.9 Å². The van der Waals surface area contributed by atoms with E-state index in [2.05, 4.69) is 0 Å². The lowest BCUT2D eigenvalue weighted by Crippen LogP contribution is -2.07. The normalized spacial score (nSPS) is 22.9. The van der Waals surface area contributed by atoms with Gasteiger partial charge in [-0.05, 0) is 37.0 Å². The smallest absolute Gasteiger partial charge is 0.309 e. The topological polar surface area (TPSA) is 26.3 Å². The predicted molar refractivity (Wildman–Crippen MR) is 63.9 cm³/mol. The van der Waals surface area contributed by atoms with Gasteiger partial charge in [-0.15, -0.1) is 0 Å². The lowest BCUT2D eigenvalue weighted by atomic mass is 10.1. The maximum Gasteiger partial charge on any atom is 0.309 e. The Hall–Kier alpha value is -0.730. The van der Waals surface area contributed by atoms with Crippen LogP contribution in [0.25, 0.3) is 0 Å². The van der Waals surface area contributed by atoms with E-state index in [1.165, 1.54) is 0 Å². The molecule has 2 atom stereocenters. The average molecular weight is 259 g/mol. The number of carbonyl (C=O) groups excluding carboxylic acids is 1. The van der Waals surface area contributed by atoms with Crippen LogP contribution >= 0.6 is 23.2 Å². The van der Waals surface area contributed by atoms with Crippen LogP contribution in [0.15, 0.2) is 18.2 Å². The Morgan fingerprint density at radius 1 is 1.50 bits per heavy atom. The van der Waals surface area contributed by atoms with Gasteiger partial charge in [-0.2, -0.15) is 0 Å². The summed E-state index contributed by atoms with van der Waals surface area (Å²) in [6, 6.07) is 5.39. The zero-order valence-electron chi connectivity index (χ0n) is 8.87. The summed E-state index contributed by atoms with van der Waals surface area (Å²) in [4.78, 5) is 11.5. The molecular weight excluding hydrogens is 247 g/mol. The van der Waals surface area contributed by atoms with E-state index < -0.39 is 0 Å². The maximum atomic E-state index is 11.5. The number of carbonyl (C=O) groups is 1. The van der Waals surface area contributed by atoms with Gasteiger partial charge in [-0.1, -0.05) is 29.3 Å². The number of benzene rings is 1. The minimum absolute atomic E-state index is 0.0291. The lowest BCUT2D eigenvalue weighted by Gasteiger charge is -2.04. The molecule has 0 spiro atoms. The molecule has 2 rings (SSSR count). The molecular formula is C12H12Cl2O2. The third kappa shape index (κ3) is 2.33. The Labute approximate surface area is 104 Å². The van der Waals surface area contributed by atoms with Crippen molar-refractivity contribution in [3.8, 4) is 0 Å². The summed E-state index contributed by atoms with van der Waals surface area (Å²) in [5.41, 5.74) is 0.990. The quantitative estimate of drug-likeness (QED) is 0.774. The van der Waals surface area contributed by atoms with E-state index in [0.717, 1.165) is 12.0 Å². The molecule has 4 heteroatoms. The zero-order chi connectivity index (χ0) is 11.7. The molecule has 1 aromatic carbocycles. The van der Waals surface area contributed by atoms with E-state index in [-0.39, 0.29) is 17.8 Å². The van der Waals surface area contributed by atoms with Crippen LogP contribution < -0.4 is 0 Å². The summed E-state index contributed by atoms with van der Waals surface area (Å²) < 4.78 is 4.97. The van der Waals surface area contributed by atoms with Crippen molar-refractivity contribution in [1.29, 1.82) is 0 Å². The van der Waals surface area contributed by atoms with Crippen LogP contribution in [0.1, 0.15) is 24.8 Å². The first-order valence-corrected chi connectivity index (χ1v) is 6.00. The van der Waals surface area contributed by atoms with Gasteiger partial charge >= 0.3 is 5.97 Å². The highest BCUT2D eigenvalue weighted by Crippen LogP contribution is 2.50. The molecule has 0 saturated heterocycles. The molecule has 86 valence electrons. The van der Waals surface area contributed by atoms with Crippen molar-refractivity contribution in [3.63, 3.8) is 0 Å². The molecule has 1 aliphatic carbocycles. The summed E-state index contributed by atoms with van der Waals surface area (Å²) in [6.45, 7) is 2.24. The number of hydrogen-bond donors (Lipinski definition) is 0. The van der Waals surface area contributed by atoms with E-state index >= 15 is 0 Å². The van der Waals surface area contributed by atoms with Crippen LogP contribution in [0.2, 0.25) is 10.0 Å². The Morgan fingerprint density at radius 3 is 2.88 bits per heavy atom. The van der Waals surface area contributed by atoms with E-state index in [1.807, 2.05) is 13.0 Å². The monoisotopic (exact) mass is 258 g/mol. The molecule has 1 fully saturated rings. The van der Waals surface area contributed by atoms with Crippen molar-refractivity contribution in [2.75, 3.05) is 6.61 Å². The minimum Gasteiger partial charge on any atom is -0.466 e. The molecule has 1 aliphatic rings. The molecule has 16 heavy (non-hydrogen) atoms. The Bertz CT molecular complexity index is 417. The average Bonchev–Trinajstić information content (AvgIpc) is 2.98. The number of rotatable bonds is 3. The number of halogens is 2. The Kier molecular flexibility index (Phi) is 3.41. The third-order valence-electron chi connectivity index (χ3n) is 2.74. The first-order chi connectivity index (χ1) is 7.63. The van der Waals surface area contributed by atoms with E-state index in [9.17, 15) is 4.79 Å². The first kappa shape index (κ1) is 11.7. The van der Waals surface area contributed by atoms with Gasteiger partial charge in [-0.25, -0.2) is 0 Å². The third-order valence-corrected chi connectivity index (χ3v) is 3.30. The molecule has 1 aromatic rings. The molecule has 0 unspecified atom stereocenters. The van der Waals surface area contributed by atoms with Crippen LogP contribution in [-0.4, -0.2) is 12.6 Å². The van der Waals surface area contributed by atoms with Crippen molar-refractivity contribution in [2.45, 2.75) is 19.3 Å². The molecule has 0 radical (unpaired) electrons. The molecule has 1 saturated carbocycles. The molecule has 0 amide bonds. The molecule has 2 nitrogen and oxygen atoms in total. The van der Waals surface area contributed by atoms with Gasteiger partial charge in [0.1, 0.15) is 0 Å². The van der Waals surface area contributed by atoms with Crippen LogP contribution in [0, 0.1) is 5.92 Å². The van der Waals surface area contributed by atoms with Gasteiger partial charge in [-0.3, -0.25) is 4.79 Å². The van der Waals surface area contributed by atoms with Crippen molar-refractivity contribution in [2.24, 2.45) is 5.92 Å². The molecule has 0 aliphatic heterocycles. The second-order valence-corrected chi connectivity index (χ2v) is 4.71. The largest absolute Gasteiger partial charge is 0.466 e. The van der Waals surface area contributed by atoms with Gasteiger partial charge in [0.2, 0.25) is 0 Å². The predicted octanol–water partition coefficient (Wildman–Crippen LogP) is 3.66. The van der Waals surface area contributed by atoms with Crippen molar-refractivity contribution < 1.29 is 9.53 Å². The summed E-state index contributed by atoms with van der Waals surface area (Å²) >= 11 is 11.9. The summed E-state index contributed by atoms with van der Waals surface area (Å²) in [6.07, 6.45) is 0.820. The highest BCUT2D eigenvalue weighted by atomic mass is 35.5. The zero-order valence-corrected chi connectivity index (χ0v) is 10.4. The molecule has 0 bridgehead atoms. The fraction of sp³-hybridized carbons (Fsp3) is 0.417. The van der Waals surface area contributed by atoms with Gasteiger partial charge < -0.3 is 4.74 Å². The van der Waals surface area contributed by atoms with Crippen LogP contribution in [-0.2, 0) is 9.53 Å². The van der Waals surface area contributed by atoms with Gasteiger partial charge in [0, 0.05) is 10.0 Å². The lowest BCUT2D eigenvalue weighted by molar-refractivity contribution is -0.144. The van der Waals surface area contributed by atoms with Crippen molar-refractivity contribution in [3.05, 3.63) is 33.8 Å². The highest BCUT2D eigenvalue weighted by molar-refractivity contribution is 6.35. The number of ether oxygens (including phenoxy) is 1. The van der Waals surface area contributed by atoms with Crippen molar-refractivity contribution in [1.82, 2.24) is 0 Å². The SMILES string of the molecule is CCOC(=O)[C@@H]1C[C@H]1c1ccc(Cl)cc1Cl. The van der Waals surface area contributed by atoms with Gasteiger partial charge in [0.15, 0.2) is 0 Å². The van der Waals surface area contributed by atoms with E-state index in [0.29, 0.717) is 16.7 Å². The number of esters is 1. The fourth-order valence-corrected chi connectivity index (χ4v) is 2.40. The van der Waals surface area contributed by atoms with E-state index in [1.54, 1.807) is 12.1 Å².